The molecule has 0 aliphatic heterocycles. The summed E-state index contributed by atoms with van der Waals surface area (Å²) < 4.78 is 53.6. The number of halogens is 2. The Labute approximate surface area is 136 Å². The average molecular weight is 359 g/mol. The minimum Gasteiger partial charge on any atom is -0.383 e. The van der Waals surface area contributed by atoms with Gasteiger partial charge in [-0.1, -0.05) is 6.07 Å². The summed E-state index contributed by atoms with van der Waals surface area (Å²) in [7, 11) is -4.26. The monoisotopic (exact) mass is 359 g/mol. The van der Waals surface area contributed by atoms with E-state index in [0.29, 0.717) is 10.9 Å². The van der Waals surface area contributed by atoms with Crippen LogP contribution in [0.2, 0.25) is 0 Å². The number of benzene rings is 1. The fourth-order valence-corrected chi connectivity index (χ4v) is 4.55. The van der Waals surface area contributed by atoms with Crippen molar-refractivity contribution in [3.63, 3.8) is 0 Å². The molecule has 0 radical (unpaired) electrons. The smallest absolute Gasteiger partial charge is 0.243 e. The molecule has 0 amide bonds. The molecule has 1 aliphatic rings. The van der Waals surface area contributed by atoms with Gasteiger partial charge in [-0.2, -0.15) is 0 Å². The van der Waals surface area contributed by atoms with Crippen molar-refractivity contribution < 1.29 is 22.3 Å². The average Bonchev–Trinajstić information content (AvgIpc) is 3.22. The molecule has 1 atom stereocenters. The van der Waals surface area contributed by atoms with Gasteiger partial charge in [-0.05, 0) is 48.4 Å². The Kier molecular flexibility index (Phi) is 4.26. The first-order valence-corrected chi connectivity index (χ1v) is 9.40. The number of hydrogen-bond acceptors (Lipinski definition) is 4. The predicted octanol–water partition coefficient (Wildman–Crippen LogP) is 2.60. The molecule has 1 aromatic heterocycles. The third kappa shape index (κ3) is 3.30. The number of nitrogens with one attached hydrogen (secondary N) is 1. The molecule has 0 bridgehead atoms. The van der Waals surface area contributed by atoms with Crippen LogP contribution in [0, 0.1) is 17.6 Å². The maximum absolute atomic E-state index is 13.7. The molecule has 0 saturated heterocycles. The summed E-state index contributed by atoms with van der Waals surface area (Å²) in [4.78, 5) is -0.107. The van der Waals surface area contributed by atoms with Crippen molar-refractivity contribution in [1.82, 2.24) is 4.72 Å². The number of thiophene rings is 1. The SMILES string of the molecule is O=S(=O)(NCC(O)(c1cccs1)C1CC1)c1cc(F)ccc1F. The fraction of sp³-hybridized carbons (Fsp3) is 0.333. The van der Waals surface area contributed by atoms with E-state index in [2.05, 4.69) is 4.72 Å². The lowest BCUT2D eigenvalue weighted by atomic mass is 9.96. The highest BCUT2D eigenvalue weighted by Gasteiger charge is 2.46. The summed E-state index contributed by atoms with van der Waals surface area (Å²) in [5.41, 5.74) is -1.33. The molecule has 0 spiro atoms. The van der Waals surface area contributed by atoms with Crippen LogP contribution in [0.25, 0.3) is 0 Å². The third-order valence-corrected chi connectivity index (χ3v) is 6.37. The van der Waals surface area contributed by atoms with E-state index in [1.165, 1.54) is 11.3 Å². The normalized spacial score (nSPS) is 17.9. The van der Waals surface area contributed by atoms with Gasteiger partial charge in [0, 0.05) is 11.4 Å². The van der Waals surface area contributed by atoms with Gasteiger partial charge in [-0.3, -0.25) is 0 Å². The van der Waals surface area contributed by atoms with Crippen molar-refractivity contribution in [2.24, 2.45) is 5.92 Å². The lowest BCUT2D eigenvalue weighted by molar-refractivity contribution is 0.0222. The van der Waals surface area contributed by atoms with Gasteiger partial charge in [0.05, 0.1) is 0 Å². The molecule has 8 heteroatoms. The van der Waals surface area contributed by atoms with Crippen LogP contribution in [0.1, 0.15) is 17.7 Å². The van der Waals surface area contributed by atoms with Gasteiger partial charge in [0.25, 0.3) is 0 Å². The van der Waals surface area contributed by atoms with Crippen LogP contribution < -0.4 is 4.72 Å². The number of aliphatic hydroxyl groups is 1. The van der Waals surface area contributed by atoms with E-state index in [4.69, 9.17) is 0 Å². The van der Waals surface area contributed by atoms with Gasteiger partial charge >= 0.3 is 0 Å². The molecule has 3 rings (SSSR count). The standard InChI is InChI=1S/C15H15F2NO3S2/c16-11-5-6-12(17)13(8-11)23(20,21)18-9-15(19,10-3-4-10)14-2-1-7-22-14/h1-2,5-8,10,18-19H,3-4,9H2. The molecular formula is C15H15F2NO3S2. The van der Waals surface area contributed by atoms with E-state index < -0.39 is 32.2 Å². The second-order valence-electron chi connectivity index (χ2n) is 5.58. The summed E-state index contributed by atoms with van der Waals surface area (Å²) in [6, 6.07) is 5.74. The highest BCUT2D eigenvalue weighted by atomic mass is 32.2. The molecule has 1 fully saturated rings. The second-order valence-corrected chi connectivity index (χ2v) is 8.26. The highest BCUT2D eigenvalue weighted by Crippen LogP contribution is 2.46. The predicted molar refractivity (Wildman–Crippen MR) is 82.5 cm³/mol. The lowest BCUT2D eigenvalue weighted by Crippen LogP contribution is -2.42. The van der Waals surface area contributed by atoms with E-state index in [1.807, 2.05) is 0 Å². The van der Waals surface area contributed by atoms with Crippen LogP contribution in [-0.2, 0) is 15.6 Å². The van der Waals surface area contributed by atoms with Crippen molar-refractivity contribution in [1.29, 1.82) is 0 Å². The Hall–Kier alpha value is -1.35. The highest BCUT2D eigenvalue weighted by molar-refractivity contribution is 7.89. The molecule has 2 aromatic rings. The Balaban J connectivity index is 1.85. The molecule has 1 aliphatic carbocycles. The van der Waals surface area contributed by atoms with E-state index in [1.54, 1.807) is 17.5 Å². The van der Waals surface area contributed by atoms with Gasteiger partial charge < -0.3 is 5.11 Å². The first-order valence-electron chi connectivity index (χ1n) is 7.04. The summed E-state index contributed by atoms with van der Waals surface area (Å²) in [6.07, 6.45) is 1.59. The molecule has 1 unspecified atom stereocenters. The van der Waals surface area contributed by atoms with Crippen LogP contribution in [0.15, 0.2) is 40.6 Å². The lowest BCUT2D eigenvalue weighted by Gasteiger charge is -2.27. The zero-order valence-corrected chi connectivity index (χ0v) is 13.6. The number of hydrogen-bond donors (Lipinski definition) is 2. The zero-order valence-electron chi connectivity index (χ0n) is 12.0. The summed E-state index contributed by atoms with van der Waals surface area (Å²) in [5, 5.41) is 12.7. The van der Waals surface area contributed by atoms with Gasteiger partial charge in [-0.25, -0.2) is 21.9 Å². The summed E-state index contributed by atoms with van der Waals surface area (Å²) in [5.74, 6) is -1.92. The van der Waals surface area contributed by atoms with Crippen molar-refractivity contribution in [3.8, 4) is 0 Å². The maximum atomic E-state index is 13.7. The Bertz CT molecular complexity index is 804. The van der Waals surface area contributed by atoms with Crippen LogP contribution in [0.3, 0.4) is 0 Å². The van der Waals surface area contributed by atoms with E-state index in [-0.39, 0.29) is 12.5 Å². The van der Waals surface area contributed by atoms with Crippen molar-refractivity contribution >= 4 is 21.4 Å². The quantitative estimate of drug-likeness (QED) is 0.833. The van der Waals surface area contributed by atoms with E-state index in [0.717, 1.165) is 25.0 Å². The molecule has 1 saturated carbocycles. The Morgan fingerprint density at radius 2 is 2.04 bits per heavy atom. The minimum atomic E-state index is -4.26. The molecule has 4 nitrogen and oxygen atoms in total. The number of sulfonamides is 1. The molecule has 124 valence electrons. The van der Waals surface area contributed by atoms with Gasteiger partial charge in [0.2, 0.25) is 10.0 Å². The van der Waals surface area contributed by atoms with Crippen LogP contribution >= 0.6 is 11.3 Å². The first-order chi connectivity index (χ1) is 10.8. The third-order valence-electron chi connectivity index (χ3n) is 3.92. The van der Waals surface area contributed by atoms with Crippen molar-refractivity contribution in [3.05, 3.63) is 52.2 Å². The van der Waals surface area contributed by atoms with Crippen LogP contribution in [0.5, 0.6) is 0 Å². The fourth-order valence-electron chi connectivity index (χ4n) is 2.48. The van der Waals surface area contributed by atoms with Crippen LogP contribution in [-0.4, -0.2) is 20.1 Å². The molecule has 2 N–H and O–H groups in total. The van der Waals surface area contributed by atoms with Crippen molar-refractivity contribution in [2.45, 2.75) is 23.3 Å². The van der Waals surface area contributed by atoms with E-state index >= 15 is 0 Å². The summed E-state index contributed by atoms with van der Waals surface area (Å²) in [6.45, 7) is -0.281. The summed E-state index contributed by atoms with van der Waals surface area (Å²) >= 11 is 1.33. The van der Waals surface area contributed by atoms with Gasteiger partial charge in [-0.15, -0.1) is 11.3 Å². The molecule has 1 heterocycles. The van der Waals surface area contributed by atoms with Crippen LogP contribution in [0.4, 0.5) is 8.78 Å². The topological polar surface area (TPSA) is 66.4 Å². The molecular weight excluding hydrogens is 344 g/mol. The van der Waals surface area contributed by atoms with Crippen molar-refractivity contribution in [2.75, 3.05) is 6.54 Å². The molecule has 23 heavy (non-hydrogen) atoms. The number of rotatable bonds is 6. The largest absolute Gasteiger partial charge is 0.383 e. The second kappa shape index (κ2) is 5.94. The van der Waals surface area contributed by atoms with E-state index in [9.17, 15) is 22.3 Å². The first kappa shape index (κ1) is 16.5. The van der Waals surface area contributed by atoms with Gasteiger partial charge in [0.1, 0.15) is 22.1 Å². The Morgan fingerprint density at radius 3 is 2.65 bits per heavy atom. The Morgan fingerprint density at radius 1 is 1.30 bits per heavy atom. The zero-order chi connectivity index (χ0) is 16.7. The maximum Gasteiger partial charge on any atom is 0.243 e. The molecule has 1 aromatic carbocycles. The minimum absolute atomic E-state index is 0.0405. The van der Waals surface area contributed by atoms with Gasteiger partial charge in [0.15, 0.2) is 0 Å².